The van der Waals surface area contributed by atoms with Crippen LogP contribution in [-0.2, 0) is 13.2 Å². The monoisotopic (exact) mass is 314 g/mol. The van der Waals surface area contributed by atoms with Gasteiger partial charge < -0.3 is 9.64 Å². The summed E-state index contributed by atoms with van der Waals surface area (Å²) in [4.78, 5) is 17.9. The van der Waals surface area contributed by atoms with Crippen molar-refractivity contribution in [2.75, 3.05) is 18.5 Å². The average molecular weight is 314 g/mol. The van der Waals surface area contributed by atoms with E-state index >= 15 is 0 Å². The van der Waals surface area contributed by atoms with Crippen molar-refractivity contribution in [1.82, 2.24) is 9.55 Å². The molecular weight excluding hydrogens is 299 g/mol. The van der Waals surface area contributed by atoms with Crippen molar-refractivity contribution in [3.05, 3.63) is 51.7 Å². The third-order valence-electron chi connectivity index (χ3n) is 3.71. The molecule has 0 fully saturated rings. The Hall–Kier alpha value is -2.88. The number of nitriles is 1. The largest absolute Gasteiger partial charge is 0.473 e. The van der Waals surface area contributed by atoms with Gasteiger partial charge in [0, 0.05) is 26.2 Å². The summed E-state index contributed by atoms with van der Waals surface area (Å²) in [6, 6.07) is 7.58. The Balaban J connectivity index is 1.83. The first-order valence-electron chi connectivity index (χ1n) is 7.22. The predicted octanol–water partition coefficient (Wildman–Crippen LogP) is 1.67. The lowest BCUT2D eigenvalue weighted by molar-refractivity contribution is 0.290. The molecule has 0 N–H and O–H groups in total. The molecule has 2 heterocycles. The van der Waals surface area contributed by atoms with Crippen LogP contribution in [0.2, 0.25) is 0 Å². The molecule has 1 aromatic heterocycles. The second-order valence-electron chi connectivity index (χ2n) is 5.41. The van der Waals surface area contributed by atoms with Gasteiger partial charge in [0.05, 0.1) is 11.6 Å². The first-order valence-corrected chi connectivity index (χ1v) is 7.22. The number of rotatable bonds is 3. The van der Waals surface area contributed by atoms with Gasteiger partial charge in [-0.15, -0.1) is 0 Å². The minimum Gasteiger partial charge on any atom is -0.473 e. The maximum atomic E-state index is 13.4. The fraction of sp³-hybridized carbons (Fsp3) is 0.312. The van der Waals surface area contributed by atoms with Crippen molar-refractivity contribution in [1.29, 1.82) is 5.26 Å². The van der Waals surface area contributed by atoms with Gasteiger partial charge in [0.15, 0.2) is 0 Å². The summed E-state index contributed by atoms with van der Waals surface area (Å²) in [6.07, 6.45) is 0.894. The standard InChI is InChI=1S/C16H15FN4O2/c1-20-3-2-4-21-15(20)8-14(19-16(21)22)23-10-12-5-11(9-18)6-13(17)7-12/h5-8H,2-4,10H2,1H3. The van der Waals surface area contributed by atoms with Crippen molar-refractivity contribution in [2.24, 2.45) is 0 Å². The Labute approximate surface area is 132 Å². The molecule has 1 aliphatic rings. The van der Waals surface area contributed by atoms with E-state index in [4.69, 9.17) is 10.00 Å². The van der Waals surface area contributed by atoms with E-state index in [9.17, 15) is 9.18 Å². The van der Waals surface area contributed by atoms with Gasteiger partial charge >= 0.3 is 5.69 Å². The van der Waals surface area contributed by atoms with Crippen molar-refractivity contribution in [3.63, 3.8) is 0 Å². The van der Waals surface area contributed by atoms with E-state index in [0.29, 0.717) is 12.1 Å². The van der Waals surface area contributed by atoms with E-state index in [1.54, 1.807) is 16.7 Å². The van der Waals surface area contributed by atoms with Crippen LogP contribution in [0.5, 0.6) is 5.88 Å². The van der Waals surface area contributed by atoms with E-state index in [0.717, 1.165) is 24.8 Å². The Morgan fingerprint density at radius 2 is 2.17 bits per heavy atom. The van der Waals surface area contributed by atoms with Crippen molar-refractivity contribution in [3.8, 4) is 11.9 Å². The van der Waals surface area contributed by atoms with Gasteiger partial charge in [-0.3, -0.25) is 4.57 Å². The molecule has 1 aromatic carbocycles. The minimum atomic E-state index is -0.499. The highest BCUT2D eigenvalue weighted by Crippen LogP contribution is 2.21. The van der Waals surface area contributed by atoms with Gasteiger partial charge in [-0.05, 0) is 30.2 Å². The smallest absolute Gasteiger partial charge is 0.352 e. The van der Waals surface area contributed by atoms with Crippen LogP contribution < -0.4 is 15.3 Å². The van der Waals surface area contributed by atoms with Crippen LogP contribution in [0.4, 0.5) is 10.2 Å². The van der Waals surface area contributed by atoms with Crippen LogP contribution in [0, 0.1) is 17.1 Å². The van der Waals surface area contributed by atoms with Crippen LogP contribution in [0.15, 0.2) is 29.1 Å². The molecule has 0 bridgehead atoms. The topological polar surface area (TPSA) is 71.2 Å². The maximum absolute atomic E-state index is 13.4. The molecule has 3 rings (SSSR count). The molecule has 0 radical (unpaired) electrons. The van der Waals surface area contributed by atoms with Crippen molar-refractivity contribution < 1.29 is 9.13 Å². The van der Waals surface area contributed by atoms with E-state index in [2.05, 4.69) is 4.98 Å². The zero-order valence-corrected chi connectivity index (χ0v) is 12.6. The number of hydrogen-bond acceptors (Lipinski definition) is 5. The summed E-state index contributed by atoms with van der Waals surface area (Å²) in [5.74, 6) is 0.446. The summed E-state index contributed by atoms with van der Waals surface area (Å²) in [7, 11) is 1.90. The van der Waals surface area contributed by atoms with E-state index < -0.39 is 5.82 Å². The maximum Gasteiger partial charge on any atom is 0.352 e. The van der Waals surface area contributed by atoms with Crippen LogP contribution in [0.25, 0.3) is 0 Å². The van der Waals surface area contributed by atoms with Gasteiger partial charge in [0.25, 0.3) is 0 Å². The van der Waals surface area contributed by atoms with Gasteiger partial charge in [-0.2, -0.15) is 10.2 Å². The second-order valence-corrected chi connectivity index (χ2v) is 5.41. The number of anilines is 1. The average Bonchev–Trinajstić information content (AvgIpc) is 2.53. The predicted molar refractivity (Wildman–Crippen MR) is 81.8 cm³/mol. The molecule has 2 aromatic rings. The quantitative estimate of drug-likeness (QED) is 0.862. The second kappa shape index (κ2) is 6.08. The zero-order chi connectivity index (χ0) is 16.4. The number of hydrogen-bond donors (Lipinski definition) is 0. The zero-order valence-electron chi connectivity index (χ0n) is 12.6. The number of benzene rings is 1. The molecule has 23 heavy (non-hydrogen) atoms. The highest BCUT2D eigenvalue weighted by Gasteiger charge is 2.17. The molecule has 0 saturated heterocycles. The van der Waals surface area contributed by atoms with Gasteiger partial charge in [-0.25, -0.2) is 9.18 Å². The first kappa shape index (κ1) is 15.0. The van der Waals surface area contributed by atoms with Gasteiger partial charge in [-0.1, -0.05) is 0 Å². The minimum absolute atomic E-state index is 0.0338. The third kappa shape index (κ3) is 3.16. The van der Waals surface area contributed by atoms with Crippen molar-refractivity contribution in [2.45, 2.75) is 19.6 Å². The fourth-order valence-corrected chi connectivity index (χ4v) is 2.61. The molecule has 0 saturated carbocycles. The molecule has 0 unspecified atom stereocenters. The molecule has 0 atom stereocenters. The summed E-state index contributed by atoms with van der Waals surface area (Å²) in [5, 5.41) is 8.85. The third-order valence-corrected chi connectivity index (χ3v) is 3.71. The molecule has 118 valence electrons. The summed E-state index contributed by atoms with van der Waals surface area (Å²) in [6.45, 7) is 1.53. The Morgan fingerprint density at radius 3 is 2.96 bits per heavy atom. The molecule has 0 amide bonds. The molecule has 1 aliphatic heterocycles. The Bertz CT molecular complexity index is 841. The highest BCUT2D eigenvalue weighted by molar-refractivity contribution is 5.42. The Morgan fingerprint density at radius 1 is 1.35 bits per heavy atom. The van der Waals surface area contributed by atoms with E-state index in [1.165, 1.54) is 6.07 Å². The Kier molecular flexibility index (Phi) is 3.98. The number of aromatic nitrogens is 2. The van der Waals surface area contributed by atoms with E-state index in [-0.39, 0.29) is 23.7 Å². The number of halogens is 1. The van der Waals surface area contributed by atoms with E-state index in [1.807, 2.05) is 18.0 Å². The first-order chi connectivity index (χ1) is 11.1. The highest BCUT2D eigenvalue weighted by atomic mass is 19.1. The molecule has 7 heteroatoms. The SMILES string of the molecule is CN1CCCn2c1cc(OCc1cc(F)cc(C#N)c1)nc2=O. The number of nitrogens with zero attached hydrogens (tertiary/aromatic N) is 4. The number of fused-ring (bicyclic) bond motifs is 1. The lowest BCUT2D eigenvalue weighted by Crippen LogP contribution is -2.36. The van der Waals surface area contributed by atoms with Crippen LogP contribution in [-0.4, -0.2) is 23.1 Å². The lowest BCUT2D eigenvalue weighted by Gasteiger charge is -2.28. The van der Waals surface area contributed by atoms with Gasteiger partial charge in [0.2, 0.25) is 5.88 Å². The summed E-state index contributed by atoms with van der Waals surface area (Å²) >= 11 is 0. The van der Waals surface area contributed by atoms with Crippen LogP contribution in [0.3, 0.4) is 0 Å². The normalized spacial score (nSPS) is 13.3. The molecule has 0 aliphatic carbocycles. The fourth-order valence-electron chi connectivity index (χ4n) is 2.61. The molecule has 0 spiro atoms. The molecular formula is C16H15FN4O2. The van der Waals surface area contributed by atoms with Gasteiger partial charge in [0.1, 0.15) is 18.2 Å². The molecule has 6 nitrogen and oxygen atoms in total. The van der Waals surface area contributed by atoms with Crippen LogP contribution in [0.1, 0.15) is 17.5 Å². The number of ether oxygens (including phenoxy) is 1. The van der Waals surface area contributed by atoms with Crippen molar-refractivity contribution >= 4 is 5.82 Å². The lowest BCUT2D eigenvalue weighted by atomic mass is 10.1. The summed E-state index contributed by atoms with van der Waals surface area (Å²) < 4.78 is 20.5. The summed E-state index contributed by atoms with van der Waals surface area (Å²) in [5.41, 5.74) is 0.373. The van der Waals surface area contributed by atoms with Crippen LogP contribution >= 0.6 is 0 Å².